The van der Waals surface area contributed by atoms with Crippen LogP contribution >= 0.6 is 0 Å². The Morgan fingerprint density at radius 3 is 2.16 bits per heavy atom. The summed E-state index contributed by atoms with van der Waals surface area (Å²) in [5.74, 6) is -4.11. The van der Waals surface area contributed by atoms with Gasteiger partial charge in [-0.2, -0.15) is 0 Å². The number of aliphatic carboxylic acids is 1. The molecule has 38 heavy (non-hydrogen) atoms. The van der Waals surface area contributed by atoms with Crippen molar-refractivity contribution in [3.63, 3.8) is 0 Å². The van der Waals surface area contributed by atoms with Gasteiger partial charge in [-0.15, -0.1) is 0 Å². The summed E-state index contributed by atoms with van der Waals surface area (Å²) in [6.07, 6.45) is 0.714. The number of nitrogens with one attached hydrogen (secondary N) is 3. The monoisotopic (exact) mass is 512 g/mol. The number of rotatable bonds is 5. The molecule has 4 N–H and O–H groups in total. The molecule has 1 heterocycles. The average Bonchev–Trinajstić information content (AvgIpc) is 3.43. The van der Waals surface area contributed by atoms with Gasteiger partial charge in [0.2, 0.25) is 0 Å². The minimum absolute atomic E-state index is 0.0399. The first kappa shape index (κ1) is 24.6. The second kappa shape index (κ2) is 10.1. The van der Waals surface area contributed by atoms with E-state index < -0.39 is 29.9 Å². The number of carboxylic acids is 1. The predicted octanol–water partition coefficient (Wildman–Crippen LogP) is 2.99. The van der Waals surface area contributed by atoms with Gasteiger partial charge in [-0.1, -0.05) is 66.7 Å². The van der Waals surface area contributed by atoms with E-state index in [0.717, 1.165) is 27.8 Å². The lowest BCUT2D eigenvalue weighted by molar-refractivity contribution is -0.151. The molecule has 3 amide bonds. The van der Waals surface area contributed by atoms with Crippen molar-refractivity contribution in [2.75, 3.05) is 6.61 Å². The number of hydrogen-bond donors (Lipinski definition) is 4. The van der Waals surface area contributed by atoms with Crippen LogP contribution in [-0.4, -0.2) is 40.2 Å². The van der Waals surface area contributed by atoms with Crippen LogP contribution in [0.2, 0.25) is 0 Å². The molecule has 1 aliphatic carbocycles. The summed E-state index contributed by atoms with van der Waals surface area (Å²) in [5.41, 5.74) is 9.81. The topological polar surface area (TPSA) is 139 Å². The first-order valence-corrected chi connectivity index (χ1v) is 11.8. The van der Waals surface area contributed by atoms with Crippen molar-refractivity contribution in [1.82, 2.24) is 20.7 Å². The van der Waals surface area contributed by atoms with Crippen molar-refractivity contribution in [1.29, 1.82) is 0 Å². The molecule has 10 nitrogen and oxygen atoms in total. The number of benzene rings is 3. The molecule has 1 atom stereocenters. The van der Waals surface area contributed by atoms with Gasteiger partial charge >= 0.3 is 18.0 Å². The molecule has 0 fully saturated rings. The summed E-state index contributed by atoms with van der Waals surface area (Å²) in [5, 5.41) is 11.9. The summed E-state index contributed by atoms with van der Waals surface area (Å²) in [7, 11) is 1.76. The highest BCUT2D eigenvalue weighted by molar-refractivity contribution is 6.32. The van der Waals surface area contributed by atoms with Gasteiger partial charge in [0.1, 0.15) is 12.6 Å². The highest BCUT2D eigenvalue weighted by atomic mass is 16.6. The summed E-state index contributed by atoms with van der Waals surface area (Å²) in [6.45, 7) is 0.0399. The molecule has 0 saturated heterocycles. The standard InChI is InChI=1S/C28H24N4O6/c1-32-14-21(20-12-6-7-13-23(20)32)24(29-26(34)27(35)36)25(33)30-31-28(37)38-15-22-18-10-4-2-8-16(18)17-9-3-5-11-19(17)22/h2-14,22,24H,15H2,1H3,(H,29,34)(H,30,33)(H,31,37)(H,35,36). The Hall–Kier alpha value is -5.12. The van der Waals surface area contributed by atoms with Gasteiger partial charge in [0, 0.05) is 35.6 Å². The number of hydrogen-bond acceptors (Lipinski definition) is 5. The maximum absolute atomic E-state index is 13.0. The SMILES string of the molecule is Cn1cc(C(NC(=O)C(=O)O)C(=O)NNC(=O)OCC2c3ccccc3-c3ccccc32)c2ccccc21. The first-order valence-electron chi connectivity index (χ1n) is 11.8. The van der Waals surface area contributed by atoms with Crippen molar-refractivity contribution in [2.45, 2.75) is 12.0 Å². The number of ether oxygens (including phenoxy) is 1. The van der Waals surface area contributed by atoms with Crippen LogP contribution < -0.4 is 16.2 Å². The van der Waals surface area contributed by atoms with E-state index in [-0.39, 0.29) is 12.5 Å². The van der Waals surface area contributed by atoms with Gasteiger partial charge < -0.3 is 19.7 Å². The fourth-order valence-electron chi connectivity index (χ4n) is 4.90. The van der Waals surface area contributed by atoms with E-state index in [4.69, 9.17) is 9.84 Å². The highest BCUT2D eigenvalue weighted by Crippen LogP contribution is 2.44. The van der Waals surface area contributed by atoms with Crippen LogP contribution in [0.25, 0.3) is 22.0 Å². The highest BCUT2D eigenvalue weighted by Gasteiger charge is 2.30. The fourth-order valence-corrected chi connectivity index (χ4v) is 4.90. The Labute approximate surface area is 217 Å². The lowest BCUT2D eigenvalue weighted by atomic mass is 9.98. The minimum atomic E-state index is -1.74. The lowest BCUT2D eigenvalue weighted by Crippen LogP contribution is -2.49. The molecule has 1 aromatic heterocycles. The molecular formula is C28H24N4O6. The Balaban J connectivity index is 1.28. The second-order valence-corrected chi connectivity index (χ2v) is 8.86. The fraction of sp³-hybridized carbons (Fsp3) is 0.143. The number of aromatic nitrogens is 1. The van der Waals surface area contributed by atoms with Gasteiger partial charge in [0.15, 0.2) is 0 Å². The van der Waals surface area contributed by atoms with E-state index in [1.165, 1.54) is 0 Å². The normalized spacial score (nSPS) is 12.8. The van der Waals surface area contributed by atoms with Crippen LogP contribution in [0, 0.1) is 0 Å². The van der Waals surface area contributed by atoms with Gasteiger partial charge in [0.25, 0.3) is 5.91 Å². The molecule has 5 rings (SSSR count). The molecular weight excluding hydrogens is 488 g/mol. The predicted molar refractivity (Wildman–Crippen MR) is 138 cm³/mol. The smallest absolute Gasteiger partial charge is 0.426 e. The van der Waals surface area contributed by atoms with E-state index in [9.17, 15) is 19.2 Å². The van der Waals surface area contributed by atoms with Crippen molar-refractivity contribution in [2.24, 2.45) is 7.05 Å². The third kappa shape index (κ3) is 4.55. The summed E-state index contributed by atoms with van der Waals surface area (Å²) < 4.78 is 7.17. The third-order valence-corrected chi connectivity index (χ3v) is 6.60. The second-order valence-electron chi connectivity index (χ2n) is 8.86. The molecule has 0 spiro atoms. The number of hydrazine groups is 1. The molecule has 4 aromatic rings. The van der Waals surface area contributed by atoms with Gasteiger partial charge in [-0.3, -0.25) is 15.0 Å². The molecule has 10 heteroatoms. The first-order chi connectivity index (χ1) is 18.3. The van der Waals surface area contributed by atoms with Gasteiger partial charge in [0.05, 0.1) is 0 Å². The number of carbonyl (C=O) groups excluding carboxylic acids is 3. The molecule has 3 aromatic carbocycles. The number of carbonyl (C=O) groups is 4. The van der Waals surface area contributed by atoms with Crippen molar-refractivity contribution in [3.05, 3.63) is 95.7 Å². The molecule has 0 aliphatic heterocycles. The minimum Gasteiger partial charge on any atom is -0.474 e. The maximum Gasteiger partial charge on any atom is 0.426 e. The zero-order valence-electron chi connectivity index (χ0n) is 20.3. The van der Waals surface area contributed by atoms with E-state index in [1.54, 1.807) is 29.9 Å². The number of fused-ring (bicyclic) bond motifs is 4. The summed E-state index contributed by atoms with van der Waals surface area (Å²) in [4.78, 5) is 48.7. The summed E-state index contributed by atoms with van der Waals surface area (Å²) >= 11 is 0. The Morgan fingerprint density at radius 2 is 1.50 bits per heavy atom. The number of carboxylic acid groups (broad SMARTS) is 1. The van der Waals surface area contributed by atoms with Crippen LogP contribution in [0.4, 0.5) is 4.79 Å². The molecule has 0 bridgehead atoms. The zero-order valence-corrected chi connectivity index (χ0v) is 20.3. The van der Waals surface area contributed by atoms with Crippen LogP contribution in [-0.2, 0) is 26.2 Å². The molecule has 0 radical (unpaired) electrons. The largest absolute Gasteiger partial charge is 0.474 e. The van der Waals surface area contributed by atoms with Crippen LogP contribution in [0.1, 0.15) is 28.7 Å². The lowest BCUT2D eigenvalue weighted by Gasteiger charge is -2.18. The van der Waals surface area contributed by atoms with E-state index in [0.29, 0.717) is 10.9 Å². The average molecular weight is 513 g/mol. The van der Waals surface area contributed by atoms with Crippen LogP contribution in [0.15, 0.2) is 79.0 Å². The van der Waals surface area contributed by atoms with Gasteiger partial charge in [-0.05, 0) is 28.3 Å². The molecule has 192 valence electrons. The van der Waals surface area contributed by atoms with Crippen molar-refractivity contribution in [3.8, 4) is 11.1 Å². The number of nitrogens with zero attached hydrogens (tertiary/aromatic N) is 1. The number of aryl methyl sites for hydroxylation is 1. The third-order valence-electron chi connectivity index (χ3n) is 6.60. The summed E-state index contributed by atoms with van der Waals surface area (Å²) in [6, 6.07) is 21.5. The zero-order chi connectivity index (χ0) is 26.8. The molecule has 0 saturated carbocycles. The molecule has 1 aliphatic rings. The Morgan fingerprint density at radius 1 is 0.895 bits per heavy atom. The van der Waals surface area contributed by atoms with E-state index in [2.05, 4.69) is 16.2 Å². The van der Waals surface area contributed by atoms with Crippen molar-refractivity contribution < 1.29 is 29.0 Å². The number of amides is 3. The number of para-hydroxylation sites is 1. The van der Waals surface area contributed by atoms with Crippen LogP contribution in [0.5, 0.6) is 0 Å². The quantitative estimate of drug-likeness (QED) is 0.240. The maximum atomic E-state index is 13.0. The molecule has 1 unspecified atom stereocenters. The van der Waals surface area contributed by atoms with E-state index in [1.807, 2.05) is 60.7 Å². The van der Waals surface area contributed by atoms with Crippen molar-refractivity contribution >= 4 is 34.8 Å². The van der Waals surface area contributed by atoms with Gasteiger partial charge in [-0.25, -0.2) is 15.0 Å². The Bertz CT molecular complexity index is 1530. The van der Waals surface area contributed by atoms with Crippen LogP contribution in [0.3, 0.4) is 0 Å². The Kier molecular flexibility index (Phi) is 6.53. The van der Waals surface area contributed by atoms with E-state index >= 15 is 0 Å².